The molecule has 1 amide bonds. The Morgan fingerprint density at radius 1 is 1.12 bits per heavy atom. The number of rotatable bonds is 3. The summed E-state index contributed by atoms with van der Waals surface area (Å²) >= 11 is 0. The van der Waals surface area contributed by atoms with Crippen molar-refractivity contribution in [2.24, 2.45) is 5.92 Å². The number of likely N-dealkylation sites (tertiary alicyclic amines) is 1. The van der Waals surface area contributed by atoms with Crippen molar-refractivity contribution in [2.45, 2.75) is 50.2 Å². The van der Waals surface area contributed by atoms with E-state index >= 15 is 0 Å². The van der Waals surface area contributed by atoms with E-state index in [2.05, 4.69) is 22.0 Å². The Hall–Kier alpha value is -0.910. The van der Waals surface area contributed by atoms with E-state index in [0.29, 0.717) is 12.0 Å². The first kappa shape index (κ1) is 16.6. The van der Waals surface area contributed by atoms with Crippen molar-refractivity contribution in [1.82, 2.24) is 9.80 Å². The minimum atomic E-state index is -0.0725. The molecule has 24 heavy (non-hydrogen) atoms. The fourth-order valence-corrected chi connectivity index (χ4v) is 4.73. The summed E-state index contributed by atoms with van der Waals surface area (Å²) in [7, 11) is 0. The van der Waals surface area contributed by atoms with Crippen molar-refractivity contribution < 1.29 is 14.3 Å². The van der Waals surface area contributed by atoms with Crippen LogP contribution in [-0.2, 0) is 14.3 Å². The second-order valence-electron chi connectivity index (χ2n) is 7.88. The lowest BCUT2D eigenvalue weighted by Crippen LogP contribution is -2.49. The Balaban J connectivity index is 1.32. The molecular formula is C19H30N2O3. The fourth-order valence-electron chi connectivity index (χ4n) is 4.73. The van der Waals surface area contributed by atoms with Gasteiger partial charge in [-0.05, 0) is 38.5 Å². The van der Waals surface area contributed by atoms with Gasteiger partial charge in [-0.15, -0.1) is 0 Å². The molecule has 3 aliphatic heterocycles. The van der Waals surface area contributed by atoms with Crippen LogP contribution in [0.2, 0.25) is 0 Å². The Labute approximate surface area is 145 Å². The maximum atomic E-state index is 12.7. The van der Waals surface area contributed by atoms with E-state index in [0.717, 1.165) is 78.0 Å². The number of amides is 1. The van der Waals surface area contributed by atoms with Gasteiger partial charge in [-0.25, -0.2) is 0 Å². The lowest BCUT2D eigenvalue weighted by Gasteiger charge is -2.41. The Morgan fingerprint density at radius 3 is 2.71 bits per heavy atom. The van der Waals surface area contributed by atoms with Crippen molar-refractivity contribution >= 4 is 5.91 Å². The van der Waals surface area contributed by atoms with E-state index in [-0.39, 0.29) is 11.5 Å². The summed E-state index contributed by atoms with van der Waals surface area (Å²) in [4.78, 5) is 17.2. The molecule has 3 saturated heterocycles. The second-order valence-corrected chi connectivity index (χ2v) is 7.88. The van der Waals surface area contributed by atoms with Crippen LogP contribution in [0.15, 0.2) is 12.2 Å². The number of ether oxygens (including phenoxy) is 2. The van der Waals surface area contributed by atoms with Crippen molar-refractivity contribution in [3.8, 4) is 0 Å². The summed E-state index contributed by atoms with van der Waals surface area (Å²) in [6.45, 7) is 6.43. The van der Waals surface area contributed by atoms with Crippen LogP contribution in [0.1, 0.15) is 38.5 Å². The predicted molar refractivity (Wildman–Crippen MR) is 91.8 cm³/mol. The maximum absolute atomic E-state index is 12.7. The summed E-state index contributed by atoms with van der Waals surface area (Å²) in [6, 6.07) is 0. The zero-order valence-corrected chi connectivity index (χ0v) is 14.6. The number of nitrogens with zero attached hydrogens (tertiary/aromatic N) is 2. The molecular weight excluding hydrogens is 304 g/mol. The van der Waals surface area contributed by atoms with Gasteiger partial charge < -0.3 is 14.4 Å². The highest BCUT2D eigenvalue weighted by Gasteiger charge is 2.45. The van der Waals surface area contributed by atoms with Crippen molar-refractivity contribution in [1.29, 1.82) is 0 Å². The Bertz CT molecular complexity index is 481. The van der Waals surface area contributed by atoms with Crippen LogP contribution in [0, 0.1) is 5.92 Å². The maximum Gasteiger partial charge on any atom is 0.226 e. The third-order valence-electron chi connectivity index (χ3n) is 6.13. The van der Waals surface area contributed by atoms with Crippen LogP contribution >= 0.6 is 0 Å². The summed E-state index contributed by atoms with van der Waals surface area (Å²) in [5.74, 6) is 0.531. The van der Waals surface area contributed by atoms with Crippen molar-refractivity contribution in [2.75, 3.05) is 45.9 Å². The van der Waals surface area contributed by atoms with Gasteiger partial charge in [-0.2, -0.15) is 0 Å². The highest BCUT2D eigenvalue weighted by atomic mass is 16.5. The molecule has 0 N–H and O–H groups in total. The predicted octanol–water partition coefficient (Wildman–Crippen LogP) is 1.82. The zero-order chi connectivity index (χ0) is 16.4. The van der Waals surface area contributed by atoms with Crippen LogP contribution in [0.4, 0.5) is 0 Å². The smallest absolute Gasteiger partial charge is 0.226 e. The largest absolute Gasteiger partial charge is 0.379 e. The molecule has 134 valence electrons. The van der Waals surface area contributed by atoms with Gasteiger partial charge in [0.1, 0.15) is 0 Å². The number of morpholine rings is 1. The van der Waals surface area contributed by atoms with Gasteiger partial charge >= 0.3 is 0 Å². The first-order valence-electron chi connectivity index (χ1n) is 9.66. The Kier molecular flexibility index (Phi) is 4.93. The van der Waals surface area contributed by atoms with E-state index in [1.165, 1.54) is 6.42 Å². The van der Waals surface area contributed by atoms with Gasteiger partial charge in [0, 0.05) is 38.6 Å². The monoisotopic (exact) mass is 334 g/mol. The standard InChI is InChI=1S/C19H30N2O3/c22-18(16-4-1-2-5-16)21-9-8-19(15-21)7-3-6-17(24-19)14-20-10-12-23-13-11-20/h1-2,16-17H,3-15H2/t17-,19-/m0/s1. The summed E-state index contributed by atoms with van der Waals surface area (Å²) in [5.41, 5.74) is -0.0725. The van der Waals surface area contributed by atoms with Crippen LogP contribution < -0.4 is 0 Å². The molecule has 3 heterocycles. The number of carbonyl (C=O) groups is 1. The average molecular weight is 334 g/mol. The van der Waals surface area contributed by atoms with E-state index in [1.807, 2.05) is 0 Å². The highest BCUT2D eigenvalue weighted by molar-refractivity contribution is 5.80. The normalized spacial score (nSPS) is 35.2. The molecule has 3 fully saturated rings. The van der Waals surface area contributed by atoms with E-state index in [4.69, 9.17) is 9.47 Å². The Morgan fingerprint density at radius 2 is 1.92 bits per heavy atom. The summed E-state index contributed by atoms with van der Waals surface area (Å²) in [6.07, 6.45) is 10.9. The first-order chi connectivity index (χ1) is 11.7. The van der Waals surface area contributed by atoms with Crippen LogP contribution in [0.3, 0.4) is 0 Å². The van der Waals surface area contributed by atoms with Crippen molar-refractivity contribution in [3.63, 3.8) is 0 Å². The van der Waals surface area contributed by atoms with Crippen LogP contribution in [0.25, 0.3) is 0 Å². The molecule has 0 aromatic rings. The molecule has 1 aliphatic carbocycles. The van der Waals surface area contributed by atoms with Crippen LogP contribution in [-0.4, -0.2) is 73.3 Å². The van der Waals surface area contributed by atoms with Gasteiger partial charge in [0.2, 0.25) is 5.91 Å². The minimum absolute atomic E-state index is 0.0725. The molecule has 0 aromatic heterocycles. The van der Waals surface area contributed by atoms with Gasteiger partial charge in [0.15, 0.2) is 0 Å². The topological polar surface area (TPSA) is 42.0 Å². The third-order valence-corrected chi connectivity index (χ3v) is 6.13. The average Bonchev–Trinajstić information content (AvgIpc) is 3.26. The van der Waals surface area contributed by atoms with Gasteiger partial charge in [-0.3, -0.25) is 9.69 Å². The molecule has 0 saturated carbocycles. The lowest BCUT2D eigenvalue weighted by atomic mass is 9.90. The molecule has 0 aromatic carbocycles. The minimum Gasteiger partial charge on any atom is -0.379 e. The SMILES string of the molecule is O=C(C1CC=CC1)N1CC[C@@]2(CCC[C@@H](CN3CCOCC3)O2)C1. The number of allylic oxidation sites excluding steroid dienone is 2. The van der Waals surface area contributed by atoms with Gasteiger partial charge in [0.05, 0.1) is 24.9 Å². The third kappa shape index (κ3) is 3.53. The molecule has 1 spiro atoms. The molecule has 0 radical (unpaired) electrons. The van der Waals surface area contributed by atoms with E-state index in [9.17, 15) is 4.79 Å². The van der Waals surface area contributed by atoms with Gasteiger partial charge in [0.25, 0.3) is 0 Å². The van der Waals surface area contributed by atoms with E-state index < -0.39 is 0 Å². The molecule has 5 nitrogen and oxygen atoms in total. The molecule has 0 unspecified atom stereocenters. The van der Waals surface area contributed by atoms with Crippen LogP contribution in [0.5, 0.6) is 0 Å². The van der Waals surface area contributed by atoms with Crippen molar-refractivity contribution in [3.05, 3.63) is 12.2 Å². The summed E-state index contributed by atoms with van der Waals surface area (Å²) in [5, 5.41) is 0. The quantitative estimate of drug-likeness (QED) is 0.739. The van der Waals surface area contributed by atoms with Gasteiger partial charge in [-0.1, -0.05) is 12.2 Å². The first-order valence-corrected chi connectivity index (χ1v) is 9.66. The molecule has 5 heteroatoms. The number of hydrogen-bond donors (Lipinski definition) is 0. The molecule has 2 atom stereocenters. The molecule has 4 rings (SSSR count). The second kappa shape index (κ2) is 7.14. The highest BCUT2D eigenvalue weighted by Crippen LogP contribution is 2.38. The summed E-state index contributed by atoms with van der Waals surface area (Å²) < 4.78 is 12.0. The number of hydrogen-bond acceptors (Lipinski definition) is 4. The fraction of sp³-hybridized carbons (Fsp3) is 0.842. The molecule has 4 aliphatic rings. The number of carbonyl (C=O) groups excluding carboxylic acids is 1. The lowest BCUT2D eigenvalue weighted by molar-refractivity contribution is -0.144. The zero-order valence-electron chi connectivity index (χ0n) is 14.6. The molecule has 0 bridgehead atoms. The van der Waals surface area contributed by atoms with E-state index in [1.54, 1.807) is 0 Å².